The Morgan fingerprint density at radius 1 is 1.32 bits per heavy atom. The first-order valence-electron chi connectivity index (χ1n) is 9.61. The zero-order chi connectivity index (χ0) is 22.2. The molecule has 9 nitrogen and oxygen atoms in total. The molecule has 1 amide bonds. The van der Waals surface area contributed by atoms with Crippen molar-refractivity contribution in [2.75, 3.05) is 19.0 Å². The molecule has 0 saturated carbocycles. The Balaban J connectivity index is 1.62. The van der Waals surface area contributed by atoms with Crippen LogP contribution in [0.15, 0.2) is 47.2 Å². The highest BCUT2D eigenvalue weighted by molar-refractivity contribution is 9.10. The van der Waals surface area contributed by atoms with Gasteiger partial charge in [0, 0.05) is 10.5 Å². The Morgan fingerprint density at radius 2 is 2.16 bits per heavy atom. The quantitative estimate of drug-likeness (QED) is 0.262. The molecule has 0 fully saturated rings. The van der Waals surface area contributed by atoms with Crippen molar-refractivity contribution < 1.29 is 19.1 Å². The lowest BCUT2D eigenvalue weighted by Crippen LogP contribution is -2.10. The second-order valence-corrected chi connectivity index (χ2v) is 7.62. The zero-order valence-corrected chi connectivity index (χ0v) is 18.7. The van der Waals surface area contributed by atoms with Crippen LogP contribution in [0, 0.1) is 0 Å². The second kappa shape index (κ2) is 10.7. The van der Waals surface area contributed by atoms with Crippen molar-refractivity contribution in [1.82, 2.24) is 19.7 Å². The van der Waals surface area contributed by atoms with Gasteiger partial charge in [0.1, 0.15) is 29.2 Å². The lowest BCUT2D eigenvalue weighted by molar-refractivity contribution is -0.105. The number of anilines is 1. The summed E-state index contributed by atoms with van der Waals surface area (Å²) < 4.78 is 13.4. The number of halogens is 1. The summed E-state index contributed by atoms with van der Waals surface area (Å²) in [4.78, 5) is 27.0. The summed E-state index contributed by atoms with van der Waals surface area (Å²) in [5.41, 5.74) is 0.999. The molecule has 31 heavy (non-hydrogen) atoms. The van der Waals surface area contributed by atoms with Crippen molar-refractivity contribution in [3.63, 3.8) is 0 Å². The minimum absolute atomic E-state index is 0.0840. The number of nitrogens with one attached hydrogen (secondary N) is 1. The first-order valence-corrected chi connectivity index (χ1v) is 10.4. The summed E-state index contributed by atoms with van der Waals surface area (Å²) >= 11 is 3.39. The third-order valence-electron chi connectivity index (χ3n) is 4.61. The normalized spacial score (nSPS) is 11.6. The summed E-state index contributed by atoms with van der Waals surface area (Å²) in [5.74, 6) is 1.09. The van der Waals surface area contributed by atoms with E-state index in [9.17, 15) is 9.59 Å². The van der Waals surface area contributed by atoms with Gasteiger partial charge in [0.05, 0.1) is 13.7 Å². The van der Waals surface area contributed by atoms with Crippen LogP contribution in [0.1, 0.15) is 36.2 Å². The van der Waals surface area contributed by atoms with E-state index in [-0.39, 0.29) is 6.04 Å². The molecule has 1 N–H and O–H groups in total. The van der Waals surface area contributed by atoms with Crippen LogP contribution in [0.3, 0.4) is 0 Å². The molecule has 0 saturated heterocycles. The molecule has 2 aromatic heterocycles. The van der Waals surface area contributed by atoms with Crippen LogP contribution in [0.2, 0.25) is 0 Å². The fraction of sp³-hybridized carbons (Fsp3) is 0.286. The Kier molecular flexibility index (Phi) is 7.71. The molecular formula is C21H22BrN5O4. The molecule has 3 rings (SSSR count). The van der Waals surface area contributed by atoms with Crippen molar-refractivity contribution in [3.05, 3.63) is 52.8 Å². The van der Waals surface area contributed by atoms with Gasteiger partial charge in [-0.2, -0.15) is 0 Å². The number of methoxy groups -OCH3 is 1. The van der Waals surface area contributed by atoms with Crippen LogP contribution in [-0.2, 0) is 9.53 Å². The largest absolute Gasteiger partial charge is 0.493 e. The molecule has 0 spiro atoms. The minimum Gasteiger partial charge on any atom is -0.493 e. The van der Waals surface area contributed by atoms with Gasteiger partial charge in [0.15, 0.2) is 5.82 Å². The van der Waals surface area contributed by atoms with E-state index in [2.05, 4.69) is 43.4 Å². The summed E-state index contributed by atoms with van der Waals surface area (Å²) in [5, 5.41) is 10.7. The minimum atomic E-state index is -0.441. The first-order chi connectivity index (χ1) is 15.0. The van der Waals surface area contributed by atoms with Gasteiger partial charge in [-0.25, -0.2) is 9.78 Å². The Morgan fingerprint density at radius 3 is 2.94 bits per heavy atom. The molecular weight excluding hydrogens is 466 g/mol. The van der Waals surface area contributed by atoms with Gasteiger partial charge in [0.25, 0.3) is 0 Å². The fourth-order valence-corrected chi connectivity index (χ4v) is 3.38. The number of amides is 1. The molecule has 0 aliphatic heterocycles. The van der Waals surface area contributed by atoms with Gasteiger partial charge >= 0.3 is 5.97 Å². The molecule has 0 radical (unpaired) electrons. The third kappa shape index (κ3) is 5.66. The smallest absolute Gasteiger partial charge is 0.341 e. The monoisotopic (exact) mass is 487 g/mol. The maximum absolute atomic E-state index is 11.9. The van der Waals surface area contributed by atoms with Gasteiger partial charge in [-0.05, 0) is 50.1 Å². The second-order valence-electron chi connectivity index (χ2n) is 6.70. The average molecular weight is 488 g/mol. The molecule has 1 atom stereocenters. The van der Waals surface area contributed by atoms with Crippen LogP contribution in [0.25, 0.3) is 11.5 Å². The third-order valence-corrected chi connectivity index (χ3v) is 5.10. The van der Waals surface area contributed by atoms with Crippen LogP contribution >= 0.6 is 15.9 Å². The Labute approximate surface area is 187 Å². The summed E-state index contributed by atoms with van der Waals surface area (Å²) in [6.45, 7) is 2.48. The maximum Gasteiger partial charge on any atom is 0.341 e. The standard InChI is InChI=1S/C21H22BrN5O4/c1-14(5-4-10-31-18-11-15(22)8-9-16(18)21(29)30-2)27-12-24-26-20(27)17-6-3-7-19(25-17)23-13-28/h3,6-9,11-14H,4-5,10H2,1-2H3,(H,23,25,28). The van der Waals surface area contributed by atoms with E-state index in [1.165, 1.54) is 7.11 Å². The number of aromatic nitrogens is 4. The number of nitrogens with zero attached hydrogens (tertiary/aromatic N) is 4. The maximum atomic E-state index is 11.9. The van der Waals surface area contributed by atoms with E-state index in [0.717, 1.165) is 17.3 Å². The Hall–Kier alpha value is -3.27. The van der Waals surface area contributed by atoms with Gasteiger partial charge in [0.2, 0.25) is 6.41 Å². The lowest BCUT2D eigenvalue weighted by atomic mass is 10.1. The predicted octanol–water partition coefficient (Wildman–Crippen LogP) is 3.88. The van der Waals surface area contributed by atoms with Crippen LogP contribution in [-0.4, -0.2) is 45.8 Å². The molecule has 0 aliphatic carbocycles. The number of pyridine rings is 1. The summed E-state index contributed by atoms with van der Waals surface area (Å²) in [6.07, 6.45) is 3.77. The molecule has 162 valence electrons. The van der Waals surface area contributed by atoms with E-state index in [1.807, 2.05) is 10.6 Å². The van der Waals surface area contributed by atoms with Crippen LogP contribution in [0.5, 0.6) is 5.75 Å². The number of esters is 1. The lowest BCUT2D eigenvalue weighted by Gasteiger charge is -2.16. The van der Waals surface area contributed by atoms with Gasteiger partial charge in [-0.1, -0.05) is 22.0 Å². The number of hydrogen-bond donors (Lipinski definition) is 1. The molecule has 1 aromatic carbocycles. The number of carbonyl (C=O) groups excluding carboxylic acids is 2. The van der Waals surface area contributed by atoms with E-state index < -0.39 is 5.97 Å². The topological polar surface area (TPSA) is 108 Å². The molecule has 1 unspecified atom stereocenters. The van der Waals surface area contributed by atoms with Crippen molar-refractivity contribution >= 4 is 34.1 Å². The van der Waals surface area contributed by atoms with E-state index >= 15 is 0 Å². The van der Waals surface area contributed by atoms with Crippen LogP contribution in [0.4, 0.5) is 5.82 Å². The average Bonchev–Trinajstić information content (AvgIpc) is 3.27. The number of carbonyl (C=O) groups is 2. The van der Waals surface area contributed by atoms with Gasteiger partial charge in [-0.15, -0.1) is 10.2 Å². The number of ether oxygens (including phenoxy) is 2. The van der Waals surface area contributed by atoms with E-state index in [0.29, 0.717) is 41.7 Å². The summed E-state index contributed by atoms with van der Waals surface area (Å²) in [7, 11) is 1.34. The highest BCUT2D eigenvalue weighted by atomic mass is 79.9. The first kappa shape index (κ1) is 22.4. The van der Waals surface area contributed by atoms with Crippen molar-refractivity contribution in [1.29, 1.82) is 0 Å². The highest BCUT2D eigenvalue weighted by Gasteiger charge is 2.16. The van der Waals surface area contributed by atoms with Gasteiger partial charge in [-0.3, -0.25) is 4.79 Å². The van der Waals surface area contributed by atoms with E-state index in [1.54, 1.807) is 36.7 Å². The number of benzene rings is 1. The van der Waals surface area contributed by atoms with Crippen LogP contribution < -0.4 is 10.1 Å². The zero-order valence-electron chi connectivity index (χ0n) is 17.1. The van der Waals surface area contributed by atoms with Gasteiger partial charge < -0.3 is 19.4 Å². The molecule has 3 aromatic rings. The molecule has 10 heteroatoms. The van der Waals surface area contributed by atoms with E-state index in [4.69, 9.17) is 9.47 Å². The fourth-order valence-electron chi connectivity index (χ4n) is 3.04. The SMILES string of the molecule is COC(=O)c1ccc(Br)cc1OCCCC(C)n1cnnc1-c1cccc(NC=O)n1. The summed E-state index contributed by atoms with van der Waals surface area (Å²) in [6, 6.07) is 10.6. The van der Waals surface area contributed by atoms with Crippen molar-refractivity contribution in [2.45, 2.75) is 25.8 Å². The molecule has 2 heterocycles. The van der Waals surface area contributed by atoms with Crippen molar-refractivity contribution in [2.24, 2.45) is 0 Å². The molecule has 0 bridgehead atoms. The highest BCUT2D eigenvalue weighted by Crippen LogP contribution is 2.26. The van der Waals surface area contributed by atoms with Crippen molar-refractivity contribution in [3.8, 4) is 17.3 Å². The number of rotatable bonds is 10. The Bertz CT molecular complexity index is 1060. The predicted molar refractivity (Wildman–Crippen MR) is 118 cm³/mol. The number of hydrogen-bond acceptors (Lipinski definition) is 7. The molecule has 0 aliphatic rings.